The fraction of sp³-hybridized carbons (Fsp3) is 0.900. The summed E-state index contributed by atoms with van der Waals surface area (Å²) in [6.45, 7) is 5.03. The molecule has 1 saturated carbocycles. The number of carbonyl (C=O) groups excluding carboxylic acids is 1. The van der Waals surface area contributed by atoms with Crippen molar-refractivity contribution in [1.82, 2.24) is 5.48 Å². The zero-order valence-corrected chi connectivity index (χ0v) is 9.16. The molecule has 1 aliphatic carbocycles. The average Bonchev–Trinajstić information content (AvgIpc) is 2.58. The van der Waals surface area contributed by atoms with Crippen molar-refractivity contribution >= 4 is 5.91 Å². The Morgan fingerprint density at radius 2 is 2.40 bits per heavy atom. The van der Waals surface area contributed by atoms with Gasteiger partial charge in [-0.1, -0.05) is 13.8 Å². The van der Waals surface area contributed by atoms with Gasteiger partial charge >= 0.3 is 0 Å². The average molecular weight is 214 g/mol. The fourth-order valence-corrected chi connectivity index (χ4v) is 2.77. The van der Waals surface area contributed by atoms with Crippen LogP contribution in [0.25, 0.3) is 0 Å². The monoisotopic (exact) mass is 214 g/mol. The summed E-state index contributed by atoms with van der Waals surface area (Å²) in [5.41, 5.74) is 7.98. The maximum atomic E-state index is 10.5. The largest absolute Gasteiger partial charge is 0.377 e. The topological polar surface area (TPSA) is 73.6 Å². The second-order valence-electron chi connectivity index (χ2n) is 4.92. The van der Waals surface area contributed by atoms with E-state index in [1.807, 2.05) is 0 Å². The van der Waals surface area contributed by atoms with E-state index in [0.717, 1.165) is 13.0 Å². The van der Waals surface area contributed by atoms with Crippen molar-refractivity contribution in [2.75, 3.05) is 13.2 Å². The molecule has 2 fully saturated rings. The Hall–Kier alpha value is -0.650. The quantitative estimate of drug-likeness (QED) is 0.636. The summed E-state index contributed by atoms with van der Waals surface area (Å²) in [5.74, 6) is 0.0479. The Bertz CT molecular complexity index is 267. The van der Waals surface area contributed by atoms with Crippen molar-refractivity contribution in [3.05, 3.63) is 0 Å². The number of amides is 1. The molecule has 2 rings (SSSR count). The molecule has 0 aromatic rings. The van der Waals surface area contributed by atoms with Crippen molar-refractivity contribution in [3.63, 3.8) is 0 Å². The summed E-state index contributed by atoms with van der Waals surface area (Å²) >= 11 is 0. The highest BCUT2D eigenvalue weighted by Crippen LogP contribution is 2.51. The molecule has 86 valence electrons. The van der Waals surface area contributed by atoms with Gasteiger partial charge in [0, 0.05) is 24.0 Å². The van der Waals surface area contributed by atoms with Crippen LogP contribution in [-0.4, -0.2) is 31.3 Å². The molecule has 0 spiro atoms. The van der Waals surface area contributed by atoms with Crippen LogP contribution in [-0.2, 0) is 14.4 Å². The van der Waals surface area contributed by atoms with E-state index in [1.54, 1.807) is 0 Å². The van der Waals surface area contributed by atoms with Crippen LogP contribution in [0.5, 0.6) is 0 Å². The maximum Gasteiger partial charge on any atom is 0.245 e. The number of nitrogens with one attached hydrogen (secondary N) is 1. The summed E-state index contributed by atoms with van der Waals surface area (Å²) in [6.07, 6.45) is 1.39. The summed E-state index contributed by atoms with van der Waals surface area (Å²) in [5, 5.41) is 0. The lowest BCUT2D eigenvalue weighted by atomic mass is 9.58. The van der Waals surface area contributed by atoms with E-state index in [9.17, 15) is 4.79 Å². The van der Waals surface area contributed by atoms with Gasteiger partial charge in [0.2, 0.25) is 5.91 Å². The predicted molar refractivity (Wildman–Crippen MR) is 53.7 cm³/mol. The zero-order chi connectivity index (χ0) is 11.1. The van der Waals surface area contributed by atoms with Crippen LogP contribution in [0.4, 0.5) is 0 Å². The minimum atomic E-state index is -0.459. The van der Waals surface area contributed by atoms with E-state index in [2.05, 4.69) is 19.3 Å². The van der Waals surface area contributed by atoms with Gasteiger partial charge in [-0.3, -0.25) is 9.63 Å². The summed E-state index contributed by atoms with van der Waals surface area (Å²) < 4.78 is 5.64. The molecule has 15 heavy (non-hydrogen) atoms. The molecule has 3 atom stereocenters. The molecule has 3 unspecified atom stereocenters. The van der Waals surface area contributed by atoms with Gasteiger partial charge in [0.15, 0.2) is 0 Å². The molecular weight excluding hydrogens is 196 g/mol. The van der Waals surface area contributed by atoms with Gasteiger partial charge in [-0.25, -0.2) is 0 Å². The second-order valence-corrected chi connectivity index (χ2v) is 4.92. The number of hydrogen-bond acceptors (Lipinski definition) is 4. The van der Waals surface area contributed by atoms with E-state index in [4.69, 9.17) is 15.3 Å². The lowest BCUT2D eigenvalue weighted by Gasteiger charge is -2.54. The normalized spacial score (nSPS) is 37.1. The fourth-order valence-electron chi connectivity index (χ4n) is 2.77. The van der Waals surface area contributed by atoms with Crippen molar-refractivity contribution in [3.8, 4) is 0 Å². The number of hydroxylamine groups is 1. The molecule has 5 heteroatoms. The van der Waals surface area contributed by atoms with Gasteiger partial charge in [-0.15, -0.1) is 0 Å². The van der Waals surface area contributed by atoms with Crippen LogP contribution in [0, 0.1) is 11.3 Å². The van der Waals surface area contributed by atoms with E-state index in [1.165, 1.54) is 0 Å². The van der Waals surface area contributed by atoms with Crippen LogP contribution >= 0.6 is 0 Å². The number of rotatable bonds is 4. The molecule has 1 aliphatic heterocycles. The number of primary amides is 1. The first kappa shape index (κ1) is 10.9. The van der Waals surface area contributed by atoms with Crippen molar-refractivity contribution in [2.45, 2.75) is 32.4 Å². The Morgan fingerprint density at radius 1 is 1.67 bits per heavy atom. The SMILES string of the molecule is CC1(C)C(NOCC(N)=O)C2CCOC21. The van der Waals surface area contributed by atoms with Crippen LogP contribution in [0.3, 0.4) is 0 Å². The predicted octanol–water partition coefficient (Wildman–Crippen LogP) is -0.194. The Balaban J connectivity index is 1.84. The first-order chi connectivity index (χ1) is 7.03. The molecule has 0 radical (unpaired) electrons. The molecule has 2 aliphatic rings. The molecule has 0 aromatic heterocycles. The highest BCUT2D eigenvalue weighted by molar-refractivity contribution is 5.74. The minimum absolute atomic E-state index is 0.0683. The number of hydrogen-bond donors (Lipinski definition) is 2. The number of carbonyl (C=O) groups is 1. The summed E-state index contributed by atoms with van der Waals surface area (Å²) in [6, 6.07) is 0.254. The molecule has 1 saturated heterocycles. The third kappa shape index (κ3) is 1.75. The third-order valence-corrected chi connectivity index (χ3v) is 3.53. The van der Waals surface area contributed by atoms with E-state index in [0.29, 0.717) is 12.0 Å². The van der Waals surface area contributed by atoms with Crippen LogP contribution in [0.15, 0.2) is 0 Å². The Kier molecular flexibility index (Phi) is 2.70. The highest BCUT2D eigenvalue weighted by Gasteiger charge is 2.59. The number of fused-ring (bicyclic) bond motifs is 1. The van der Waals surface area contributed by atoms with Crippen molar-refractivity contribution in [2.24, 2.45) is 17.1 Å². The van der Waals surface area contributed by atoms with Crippen LogP contribution in [0.1, 0.15) is 20.3 Å². The zero-order valence-electron chi connectivity index (χ0n) is 9.16. The lowest BCUT2D eigenvalue weighted by molar-refractivity contribution is -0.163. The van der Waals surface area contributed by atoms with Gasteiger partial charge in [0.05, 0.1) is 6.10 Å². The third-order valence-electron chi connectivity index (χ3n) is 3.53. The molecule has 1 amide bonds. The summed E-state index contributed by atoms with van der Waals surface area (Å²) in [7, 11) is 0. The van der Waals surface area contributed by atoms with Crippen molar-refractivity contribution in [1.29, 1.82) is 0 Å². The van der Waals surface area contributed by atoms with Crippen LogP contribution < -0.4 is 11.2 Å². The molecule has 1 heterocycles. The molecular formula is C10H18N2O3. The van der Waals surface area contributed by atoms with E-state index >= 15 is 0 Å². The van der Waals surface area contributed by atoms with Gasteiger partial charge in [-0.2, -0.15) is 5.48 Å². The first-order valence-corrected chi connectivity index (χ1v) is 5.30. The smallest absolute Gasteiger partial charge is 0.245 e. The second kappa shape index (κ2) is 3.73. The van der Waals surface area contributed by atoms with Gasteiger partial charge in [0.25, 0.3) is 0 Å². The van der Waals surface area contributed by atoms with Crippen LogP contribution in [0.2, 0.25) is 0 Å². The Labute approximate surface area is 89.2 Å². The molecule has 3 N–H and O–H groups in total. The Morgan fingerprint density at radius 3 is 3.07 bits per heavy atom. The highest BCUT2D eigenvalue weighted by atomic mass is 16.6. The van der Waals surface area contributed by atoms with E-state index in [-0.39, 0.29) is 18.1 Å². The number of ether oxygens (including phenoxy) is 1. The molecule has 0 aromatic carbocycles. The van der Waals surface area contributed by atoms with Gasteiger partial charge < -0.3 is 10.5 Å². The molecule has 0 bridgehead atoms. The first-order valence-electron chi connectivity index (χ1n) is 5.30. The minimum Gasteiger partial charge on any atom is -0.377 e. The maximum absolute atomic E-state index is 10.5. The van der Waals surface area contributed by atoms with Gasteiger partial charge in [0.1, 0.15) is 6.61 Å². The standard InChI is InChI=1S/C10H18N2O3/c1-10(2)8(12-15-5-7(11)13)6-3-4-14-9(6)10/h6,8-9,12H,3-5H2,1-2H3,(H2,11,13). The number of nitrogens with two attached hydrogens (primary N) is 1. The van der Waals surface area contributed by atoms with E-state index < -0.39 is 5.91 Å². The summed E-state index contributed by atoms with van der Waals surface area (Å²) in [4.78, 5) is 15.6. The van der Waals surface area contributed by atoms with Gasteiger partial charge in [-0.05, 0) is 6.42 Å². The lowest BCUT2D eigenvalue weighted by Crippen LogP contribution is -2.65. The van der Waals surface area contributed by atoms with Crippen molar-refractivity contribution < 1.29 is 14.4 Å². The molecule has 5 nitrogen and oxygen atoms in total.